The smallest absolute Gasteiger partial charge is 0.413 e. The lowest BCUT2D eigenvalue weighted by molar-refractivity contribution is 0.155. The second-order valence-electron chi connectivity index (χ2n) is 5.43. The number of nitrogens with one attached hydrogen (secondary N) is 2. The second-order valence-corrected chi connectivity index (χ2v) is 5.43. The Morgan fingerprint density at radius 3 is 2.76 bits per heavy atom. The number of aromatic amines is 1. The summed E-state index contributed by atoms with van der Waals surface area (Å²) >= 11 is 0. The number of anilines is 1. The summed E-state index contributed by atoms with van der Waals surface area (Å²) in [5, 5.41) is 18.6. The quantitative estimate of drug-likeness (QED) is 0.670. The third kappa shape index (κ3) is 3.77. The Morgan fingerprint density at radius 2 is 2.04 bits per heavy atom. The Labute approximate surface area is 143 Å². The number of hydrogen-bond acceptors (Lipinski definition) is 4. The summed E-state index contributed by atoms with van der Waals surface area (Å²) in [5.41, 5.74) is 2.50. The van der Waals surface area contributed by atoms with Gasteiger partial charge in [-0.25, -0.2) is 9.18 Å². The number of H-pyrrole nitrogens is 1. The Balaban J connectivity index is 1.75. The summed E-state index contributed by atoms with van der Waals surface area (Å²) < 4.78 is 18.8. The number of rotatable bonds is 4. The summed E-state index contributed by atoms with van der Waals surface area (Å²) in [4.78, 5) is 12.0. The SMILES string of the molecule is Cc1[nH]nc(NC(=O)OCc2ccccc2)c1-c1ccc(O)c(F)c1. The predicted octanol–water partition coefficient (Wildman–Crippen LogP) is 3.98. The molecule has 25 heavy (non-hydrogen) atoms. The van der Waals surface area contributed by atoms with Crippen molar-refractivity contribution in [1.82, 2.24) is 10.2 Å². The Morgan fingerprint density at radius 1 is 1.28 bits per heavy atom. The molecule has 0 saturated heterocycles. The van der Waals surface area contributed by atoms with E-state index >= 15 is 0 Å². The monoisotopic (exact) mass is 341 g/mol. The van der Waals surface area contributed by atoms with Gasteiger partial charge in [0, 0.05) is 11.3 Å². The fourth-order valence-corrected chi connectivity index (χ4v) is 2.39. The highest BCUT2D eigenvalue weighted by Gasteiger charge is 2.17. The van der Waals surface area contributed by atoms with Crippen molar-refractivity contribution in [3.8, 4) is 16.9 Å². The Kier molecular flexibility index (Phi) is 4.65. The first-order valence-corrected chi connectivity index (χ1v) is 7.56. The van der Waals surface area contributed by atoms with Crippen molar-refractivity contribution < 1.29 is 19.0 Å². The van der Waals surface area contributed by atoms with Gasteiger partial charge in [0.2, 0.25) is 0 Å². The largest absolute Gasteiger partial charge is 0.505 e. The molecule has 0 fully saturated rings. The Hall–Kier alpha value is -3.35. The highest BCUT2D eigenvalue weighted by atomic mass is 19.1. The number of amides is 1. The van der Waals surface area contributed by atoms with Crippen LogP contribution in [0.5, 0.6) is 5.75 Å². The van der Waals surface area contributed by atoms with E-state index < -0.39 is 17.7 Å². The predicted molar refractivity (Wildman–Crippen MR) is 90.6 cm³/mol. The molecule has 1 amide bonds. The van der Waals surface area contributed by atoms with Gasteiger partial charge in [0.15, 0.2) is 17.4 Å². The number of ether oxygens (including phenoxy) is 1. The van der Waals surface area contributed by atoms with Gasteiger partial charge in [-0.15, -0.1) is 0 Å². The number of nitrogens with zero attached hydrogens (tertiary/aromatic N) is 1. The second kappa shape index (κ2) is 7.04. The molecule has 0 saturated carbocycles. The number of benzene rings is 2. The van der Waals surface area contributed by atoms with E-state index in [1.165, 1.54) is 18.2 Å². The molecule has 1 aromatic heterocycles. The standard InChI is InChI=1S/C18H16FN3O3/c1-11-16(13-7-8-15(23)14(19)9-13)17(22-21-11)20-18(24)25-10-12-5-3-2-4-6-12/h2-9,23H,10H2,1H3,(H2,20,21,22,24). The molecular formula is C18H16FN3O3. The van der Waals surface area contributed by atoms with Crippen LogP contribution < -0.4 is 5.32 Å². The van der Waals surface area contributed by atoms with Crippen molar-refractivity contribution >= 4 is 11.9 Å². The van der Waals surface area contributed by atoms with Crippen LogP contribution in [0.15, 0.2) is 48.5 Å². The normalized spacial score (nSPS) is 10.5. The molecule has 128 valence electrons. The summed E-state index contributed by atoms with van der Waals surface area (Å²) in [5.74, 6) is -0.974. The fourth-order valence-electron chi connectivity index (χ4n) is 2.39. The van der Waals surface area contributed by atoms with Crippen molar-refractivity contribution in [3.05, 3.63) is 65.6 Å². The van der Waals surface area contributed by atoms with Gasteiger partial charge in [-0.3, -0.25) is 10.4 Å². The van der Waals surface area contributed by atoms with E-state index in [0.717, 1.165) is 5.56 Å². The van der Waals surface area contributed by atoms with E-state index in [1.54, 1.807) is 6.92 Å². The van der Waals surface area contributed by atoms with Gasteiger partial charge in [-0.1, -0.05) is 36.4 Å². The molecule has 0 spiro atoms. The fraction of sp³-hybridized carbons (Fsp3) is 0.111. The molecule has 7 heteroatoms. The average molecular weight is 341 g/mol. The number of aromatic nitrogens is 2. The number of aryl methyl sites for hydroxylation is 1. The molecule has 0 aliphatic heterocycles. The maximum atomic E-state index is 13.6. The molecule has 3 aromatic rings. The van der Waals surface area contributed by atoms with E-state index in [9.17, 15) is 14.3 Å². The molecule has 3 rings (SSSR count). The first-order valence-electron chi connectivity index (χ1n) is 7.56. The van der Waals surface area contributed by atoms with Crippen LogP contribution in [-0.2, 0) is 11.3 Å². The minimum Gasteiger partial charge on any atom is -0.505 e. The van der Waals surface area contributed by atoms with Crippen LogP contribution in [0.1, 0.15) is 11.3 Å². The first kappa shape index (κ1) is 16.5. The van der Waals surface area contributed by atoms with Crippen LogP contribution in [-0.4, -0.2) is 21.4 Å². The number of hydrogen-bond donors (Lipinski definition) is 3. The van der Waals surface area contributed by atoms with Gasteiger partial charge < -0.3 is 9.84 Å². The number of aromatic hydroxyl groups is 1. The van der Waals surface area contributed by atoms with Crippen molar-refractivity contribution in [1.29, 1.82) is 0 Å². The van der Waals surface area contributed by atoms with Crippen molar-refractivity contribution in [2.24, 2.45) is 0 Å². The number of carbonyl (C=O) groups is 1. The van der Waals surface area contributed by atoms with Gasteiger partial charge in [0.25, 0.3) is 0 Å². The van der Waals surface area contributed by atoms with Gasteiger partial charge in [-0.05, 0) is 30.2 Å². The molecular weight excluding hydrogens is 325 g/mol. The zero-order valence-electron chi connectivity index (χ0n) is 13.4. The van der Waals surface area contributed by atoms with Gasteiger partial charge in [0.1, 0.15) is 6.61 Å². The van der Waals surface area contributed by atoms with E-state index in [1.807, 2.05) is 30.3 Å². The van der Waals surface area contributed by atoms with E-state index in [-0.39, 0.29) is 12.4 Å². The summed E-state index contributed by atoms with van der Waals surface area (Å²) in [6.45, 7) is 1.87. The molecule has 0 aliphatic carbocycles. The molecule has 0 radical (unpaired) electrons. The van der Waals surface area contributed by atoms with Crippen LogP contribution in [0.2, 0.25) is 0 Å². The lowest BCUT2D eigenvalue weighted by Crippen LogP contribution is -2.14. The highest BCUT2D eigenvalue weighted by Crippen LogP contribution is 2.32. The molecule has 0 unspecified atom stereocenters. The van der Waals surface area contributed by atoms with Crippen LogP contribution >= 0.6 is 0 Å². The highest BCUT2D eigenvalue weighted by molar-refractivity contribution is 5.90. The van der Waals surface area contributed by atoms with Crippen LogP contribution in [0.3, 0.4) is 0 Å². The number of phenols is 1. The third-order valence-corrected chi connectivity index (χ3v) is 3.62. The molecule has 3 N–H and O–H groups in total. The summed E-state index contributed by atoms with van der Waals surface area (Å²) in [7, 11) is 0. The first-order chi connectivity index (χ1) is 12.0. The van der Waals surface area contributed by atoms with Gasteiger partial charge >= 0.3 is 6.09 Å². The van der Waals surface area contributed by atoms with Crippen molar-refractivity contribution in [3.63, 3.8) is 0 Å². The van der Waals surface area contributed by atoms with Crippen LogP contribution in [0.25, 0.3) is 11.1 Å². The van der Waals surface area contributed by atoms with E-state index in [4.69, 9.17) is 4.74 Å². The summed E-state index contributed by atoms with van der Waals surface area (Å²) in [6, 6.07) is 13.2. The van der Waals surface area contributed by atoms with E-state index in [0.29, 0.717) is 16.8 Å². The molecule has 0 atom stereocenters. The Bertz CT molecular complexity index is 894. The minimum atomic E-state index is -0.754. The average Bonchev–Trinajstić information content (AvgIpc) is 2.97. The number of phenolic OH excluding ortho intramolecular Hbond substituents is 1. The minimum absolute atomic E-state index is 0.124. The van der Waals surface area contributed by atoms with Crippen LogP contribution in [0, 0.1) is 12.7 Å². The zero-order chi connectivity index (χ0) is 17.8. The zero-order valence-corrected chi connectivity index (χ0v) is 13.4. The van der Waals surface area contributed by atoms with Crippen molar-refractivity contribution in [2.45, 2.75) is 13.5 Å². The lowest BCUT2D eigenvalue weighted by Gasteiger charge is -2.08. The maximum Gasteiger partial charge on any atom is 0.413 e. The van der Waals surface area contributed by atoms with Gasteiger partial charge in [-0.2, -0.15) is 5.10 Å². The van der Waals surface area contributed by atoms with E-state index in [2.05, 4.69) is 15.5 Å². The molecule has 0 bridgehead atoms. The number of halogens is 1. The number of carbonyl (C=O) groups excluding carboxylic acids is 1. The van der Waals surface area contributed by atoms with Crippen molar-refractivity contribution in [2.75, 3.05) is 5.32 Å². The molecule has 2 aromatic carbocycles. The molecule has 0 aliphatic rings. The van der Waals surface area contributed by atoms with Crippen LogP contribution in [0.4, 0.5) is 15.0 Å². The van der Waals surface area contributed by atoms with Gasteiger partial charge in [0.05, 0.1) is 0 Å². The third-order valence-electron chi connectivity index (χ3n) is 3.62. The topological polar surface area (TPSA) is 87.2 Å². The summed E-state index contributed by atoms with van der Waals surface area (Å²) in [6.07, 6.45) is -0.671. The lowest BCUT2D eigenvalue weighted by atomic mass is 10.1. The molecule has 1 heterocycles. The maximum absolute atomic E-state index is 13.6. The molecule has 6 nitrogen and oxygen atoms in total.